The van der Waals surface area contributed by atoms with Gasteiger partial charge in [0.05, 0.1) is 5.56 Å². The highest BCUT2D eigenvalue weighted by atomic mass is 16.5. The average molecular weight is 248 g/mol. The van der Waals surface area contributed by atoms with Crippen molar-refractivity contribution in [1.82, 2.24) is 0 Å². The average Bonchev–Trinajstić information content (AvgIpc) is 2.26. The zero-order chi connectivity index (χ0) is 13.7. The first-order valence-corrected chi connectivity index (χ1v) is 5.41. The Morgan fingerprint density at radius 3 is 2.67 bits per heavy atom. The Morgan fingerprint density at radius 1 is 1.50 bits per heavy atom. The molecule has 18 heavy (non-hydrogen) atoms. The first-order valence-electron chi connectivity index (χ1n) is 5.41. The Bertz CT molecular complexity index is 495. The highest BCUT2D eigenvalue weighted by Crippen LogP contribution is 2.27. The number of rotatable bonds is 5. The summed E-state index contributed by atoms with van der Waals surface area (Å²) >= 11 is 0. The van der Waals surface area contributed by atoms with Crippen LogP contribution in [0.25, 0.3) is 0 Å². The summed E-state index contributed by atoms with van der Waals surface area (Å²) < 4.78 is 5.41. The van der Waals surface area contributed by atoms with E-state index in [-0.39, 0.29) is 18.1 Å². The normalized spacial score (nSPS) is 9.67. The second-order valence-corrected chi connectivity index (χ2v) is 3.81. The van der Waals surface area contributed by atoms with E-state index in [0.717, 1.165) is 5.56 Å². The summed E-state index contributed by atoms with van der Waals surface area (Å²) in [4.78, 5) is 22.4. The second-order valence-electron chi connectivity index (χ2n) is 3.81. The number of aryl methyl sites for hydroxylation is 1. The summed E-state index contributed by atoms with van der Waals surface area (Å²) in [5, 5.41) is 2.60. The minimum atomic E-state index is -0.607. The van der Waals surface area contributed by atoms with Crippen LogP contribution in [0.5, 0.6) is 5.75 Å². The summed E-state index contributed by atoms with van der Waals surface area (Å²) in [5.41, 5.74) is 6.77. The van der Waals surface area contributed by atoms with Crippen LogP contribution in [0.15, 0.2) is 24.8 Å². The van der Waals surface area contributed by atoms with Crippen LogP contribution in [0.3, 0.4) is 0 Å². The first kappa shape index (κ1) is 13.8. The molecule has 5 nitrogen and oxygen atoms in total. The molecule has 2 amide bonds. The van der Waals surface area contributed by atoms with Crippen LogP contribution in [0.4, 0.5) is 5.69 Å². The molecule has 3 N–H and O–H groups in total. The fourth-order valence-corrected chi connectivity index (χ4v) is 1.57. The van der Waals surface area contributed by atoms with Crippen molar-refractivity contribution in [2.24, 2.45) is 5.73 Å². The number of ether oxygens (including phenoxy) is 1. The first-order chi connectivity index (χ1) is 8.45. The highest BCUT2D eigenvalue weighted by molar-refractivity contribution is 5.98. The van der Waals surface area contributed by atoms with Gasteiger partial charge in [-0.05, 0) is 24.6 Å². The van der Waals surface area contributed by atoms with E-state index < -0.39 is 5.91 Å². The molecule has 0 aliphatic heterocycles. The van der Waals surface area contributed by atoms with Gasteiger partial charge in [0.1, 0.15) is 12.4 Å². The van der Waals surface area contributed by atoms with Crippen molar-refractivity contribution in [3.05, 3.63) is 35.9 Å². The Morgan fingerprint density at radius 2 is 2.17 bits per heavy atom. The van der Waals surface area contributed by atoms with Crippen molar-refractivity contribution < 1.29 is 14.3 Å². The summed E-state index contributed by atoms with van der Waals surface area (Å²) in [6.07, 6.45) is 1.58. The molecule has 0 aliphatic rings. The van der Waals surface area contributed by atoms with Crippen molar-refractivity contribution in [1.29, 1.82) is 0 Å². The fraction of sp³-hybridized carbons (Fsp3) is 0.231. The van der Waals surface area contributed by atoms with Gasteiger partial charge in [0.2, 0.25) is 5.91 Å². The minimum Gasteiger partial charge on any atom is -0.488 e. The third-order valence-electron chi connectivity index (χ3n) is 2.21. The number of primary amides is 1. The topological polar surface area (TPSA) is 81.4 Å². The third-order valence-corrected chi connectivity index (χ3v) is 2.21. The molecular weight excluding hydrogens is 232 g/mol. The van der Waals surface area contributed by atoms with Crippen LogP contribution in [-0.2, 0) is 4.79 Å². The molecule has 0 fully saturated rings. The molecule has 0 aliphatic carbocycles. The van der Waals surface area contributed by atoms with E-state index in [2.05, 4.69) is 11.9 Å². The summed E-state index contributed by atoms with van der Waals surface area (Å²) in [5.74, 6) is -0.412. The van der Waals surface area contributed by atoms with Crippen LogP contribution in [-0.4, -0.2) is 18.4 Å². The maximum atomic E-state index is 11.4. The van der Waals surface area contributed by atoms with Crippen LogP contribution in [0.1, 0.15) is 22.8 Å². The van der Waals surface area contributed by atoms with E-state index in [0.29, 0.717) is 11.4 Å². The molecule has 0 bridgehead atoms. The van der Waals surface area contributed by atoms with Gasteiger partial charge in [-0.25, -0.2) is 0 Å². The van der Waals surface area contributed by atoms with Gasteiger partial charge in [0, 0.05) is 12.6 Å². The minimum absolute atomic E-state index is 0.218. The van der Waals surface area contributed by atoms with Crippen LogP contribution in [0.2, 0.25) is 0 Å². The van der Waals surface area contributed by atoms with Crippen LogP contribution >= 0.6 is 0 Å². The van der Waals surface area contributed by atoms with Gasteiger partial charge in [-0.15, -0.1) is 0 Å². The Labute approximate surface area is 106 Å². The van der Waals surface area contributed by atoms with Gasteiger partial charge in [-0.1, -0.05) is 12.7 Å². The number of nitrogens with two attached hydrogens (primary N) is 1. The molecule has 0 radical (unpaired) electrons. The van der Waals surface area contributed by atoms with Crippen molar-refractivity contribution in [2.75, 3.05) is 11.9 Å². The molecule has 0 saturated heterocycles. The molecule has 0 unspecified atom stereocenters. The van der Waals surface area contributed by atoms with E-state index in [4.69, 9.17) is 10.5 Å². The molecule has 1 aromatic carbocycles. The number of benzene rings is 1. The lowest BCUT2D eigenvalue weighted by molar-refractivity contribution is -0.114. The molecule has 0 aromatic heterocycles. The summed E-state index contributed by atoms with van der Waals surface area (Å²) in [6.45, 7) is 6.98. The molecule has 96 valence electrons. The van der Waals surface area contributed by atoms with E-state index in [1.807, 2.05) is 0 Å². The molecule has 0 heterocycles. The monoisotopic (exact) mass is 248 g/mol. The number of hydrogen-bond acceptors (Lipinski definition) is 3. The molecule has 0 saturated carbocycles. The number of carbonyl (C=O) groups excluding carboxylic acids is 2. The maximum Gasteiger partial charge on any atom is 0.252 e. The quantitative estimate of drug-likeness (QED) is 0.777. The number of carbonyl (C=O) groups is 2. The standard InChI is InChI=1S/C13H16N2O3/c1-4-5-18-12-8(2)6-10(15-9(3)16)7-11(12)13(14)17/h4,6-7H,1,5H2,2-3H3,(H2,14,17)(H,15,16). The summed E-state index contributed by atoms with van der Waals surface area (Å²) in [6, 6.07) is 3.21. The van der Waals surface area contributed by atoms with Crippen molar-refractivity contribution in [3.8, 4) is 5.75 Å². The van der Waals surface area contributed by atoms with Crippen LogP contribution < -0.4 is 15.8 Å². The van der Waals surface area contributed by atoms with Gasteiger partial charge < -0.3 is 15.8 Å². The molecule has 5 heteroatoms. The Kier molecular flexibility index (Phi) is 4.48. The predicted octanol–water partition coefficient (Wildman–Crippen LogP) is 1.62. The number of amides is 2. The molecule has 0 spiro atoms. The van der Waals surface area contributed by atoms with Crippen molar-refractivity contribution >= 4 is 17.5 Å². The maximum absolute atomic E-state index is 11.4. The van der Waals surface area contributed by atoms with E-state index >= 15 is 0 Å². The van der Waals surface area contributed by atoms with Crippen LogP contribution in [0, 0.1) is 6.92 Å². The van der Waals surface area contributed by atoms with Gasteiger partial charge in [-0.3, -0.25) is 9.59 Å². The lowest BCUT2D eigenvalue weighted by Gasteiger charge is -2.13. The zero-order valence-corrected chi connectivity index (χ0v) is 10.4. The number of hydrogen-bond donors (Lipinski definition) is 2. The second kappa shape index (κ2) is 5.86. The summed E-state index contributed by atoms with van der Waals surface area (Å²) in [7, 11) is 0. The lowest BCUT2D eigenvalue weighted by Crippen LogP contribution is -2.15. The van der Waals surface area contributed by atoms with E-state index in [1.54, 1.807) is 19.1 Å². The van der Waals surface area contributed by atoms with Gasteiger partial charge in [0.25, 0.3) is 5.91 Å². The van der Waals surface area contributed by atoms with Gasteiger partial charge in [-0.2, -0.15) is 0 Å². The zero-order valence-electron chi connectivity index (χ0n) is 10.4. The fourth-order valence-electron chi connectivity index (χ4n) is 1.57. The molecule has 0 atom stereocenters. The smallest absolute Gasteiger partial charge is 0.252 e. The van der Waals surface area contributed by atoms with E-state index in [9.17, 15) is 9.59 Å². The Hall–Kier alpha value is -2.30. The predicted molar refractivity (Wildman–Crippen MR) is 69.7 cm³/mol. The van der Waals surface area contributed by atoms with E-state index in [1.165, 1.54) is 13.0 Å². The largest absolute Gasteiger partial charge is 0.488 e. The van der Waals surface area contributed by atoms with Crippen molar-refractivity contribution in [2.45, 2.75) is 13.8 Å². The number of nitrogens with one attached hydrogen (secondary N) is 1. The Balaban J connectivity index is 3.21. The molecule has 1 aromatic rings. The third kappa shape index (κ3) is 3.35. The SMILES string of the molecule is C=CCOc1c(C)cc(NC(C)=O)cc1C(N)=O. The van der Waals surface area contributed by atoms with Gasteiger partial charge >= 0.3 is 0 Å². The molecular formula is C13H16N2O3. The highest BCUT2D eigenvalue weighted by Gasteiger charge is 2.14. The van der Waals surface area contributed by atoms with Gasteiger partial charge in [0.15, 0.2) is 0 Å². The lowest BCUT2D eigenvalue weighted by atomic mass is 10.1. The van der Waals surface area contributed by atoms with Crippen molar-refractivity contribution in [3.63, 3.8) is 0 Å². The molecule has 1 rings (SSSR count). The number of anilines is 1.